The van der Waals surface area contributed by atoms with Crippen molar-refractivity contribution < 1.29 is 29.3 Å². The maximum Gasteiger partial charge on any atom is 0.338 e. The van der Waals surface area contributed by atoms with Crippen molar-refractivity contribution in [1.29, 1.82) is 0 Å². The van der Waals surface area contributed by atoms with Crippen LogP contribution in [-0.2, 0) is 19.1 Å². The third-order valence-electron chi connectivity index (χ3n) is 1.60. The number of aliphatic hydroxyl groups is 2. The standard InChI is InChI=1S/C12H22O6/c1-11(2,3)17-9(15)7(13)8(14)10(16)18-12(4,5)6/h7-8,13-14H,1-6H3/t7-,8+. The van der Waals surface area contributed by atoms with Gasteiger partial charge >= 0.3 is 11.9 Å². The summed E-state index contributed by atoms with van der Waals surface area (Å²) in [4.78, 5) is 22.9. The van der Waals surface area contributed by atoms with Gasteiger partial charge in [-0.05, 0) is 41.5 Å². The number of ether oxygens (including phenoxy) is 2. The van der Waals surface area contributed by atoms with Crippen LogP contribution in [-0.4, -0.2) is 45.6 Å². The Kier molecular flexibility index (Phi) is 5.31. The molecule has 2 N–H and O–H groups in total. The molecule has 0 aromatic carbocycles. The fourth-order valence-electron chi connectivity index (χ4n) is 0.982. The molecule has 0 aliphatic carbocycles. The Morgan fingerprint density at radius 2 is 1.00 bits per heavy atom. The van der Waals surface area contributed by atoms with Gasteiger partial charge in [0.1, 0.15) is 11.2 Å². The fourth-order valence-corrected chi connectivity index (χ4v) is 0.982. The van der Waals surface area contributed by atoms with Crippen LogP contribution < -0.4 is 0 Å². The summed E-state index contributed by atoms with van der Waals surface area (Å²) in [5, 5.41) is 19.0. The molecule has 6 nitrogen and oxygen atoms in total. The Morgan fingerprint density at radius 1 is 0.778 bits per heavy atom. The quantitative estimate of drug-likeness (QED) is 0.715. The van der Waals surface area contributed by atoms with Crippen LogP contribution in [0.2, 0.25) is 0 Å². The Morgan fingerprint density at radius 3 is 1.17 bits per heavy atom. The van der Waals surface area contributed by atoms with E-state index in [-0.39, 0.29) is 0 Å². The molecule has 0 saturated heterocycles. The van der Waals surface area contributed by atoms with Crippen LogP contribution in [0.5, 0.6) is 0 Å². The molecule has 0 fully saturated rings. The molecule has 0 radical (unpaired) electrons. The minimum atomic E-state index is -1.96. The Balaban J connectivity index is 4.55. The molecule has 0 heterocycles. The van der Waals surface area contributed by atoms with Gasteiger partial charge in [-0.2, -0.15) is 0 Å². The van der Waals surface area contributed by atoms with Crippen LogP contribution in [0.15, 0.2) is 0 Å². The summed E-state index contributed by atoms with van der Waals surface area (Å²) in [5.41, 5.74) is -1.63. The molecule has 0 aromatic rings. The average molecular weight is 262 g/mol. The highest BCUT2D eigenvalue weighted by molar-refractivity contribution is 5.85. The van der Waals surface area contributed by atoms with E-state index in [0.29, 0.717) is 0 Å². The van der Waals surface area contributed by atoms with Gasteiger partial charge in [-0.15, -0.1) is 0 Å². The smallest absolute Gasteiger partial charge is 0.338 e. The molecule has 0 saturated carbocycles. The fraction of sp³-hybridized carbons (Fsp3) is 0.833. The summed E-state index contributed by atoms with van der Waals surface area (Å²) in [7, 11) is 0. The van der Waals surface area contributed by atoms with E-state index < -0.39 is 35.3 Å². The zero-order chi connectivity index (χ0) is 14.7. The van der Waals surface area contributed by atoms with Gasteiger partial charge in [-0.1, -0.05) is 0 Å². The Hall–Kier alpha value is -1.14. The molecule has 2 atom stereocenters. The lowest BCUT2D eigenvalue weighted by Gasteiger charge is -2.25. The van der Waals surface area contributed by atoms with E-state index in [1.54, 1.807) is 41.5 Å². The first-order chi connectivity index (χ1) is 7.83. The van der Waals surface area contributed by atoms with Crippen LogP contribution in [0.25, 0.3) is 0 Å². The molecule has 0 aliphatic rings. The van der Waals surface area contributed by atoms with Crippen molar-refractivity contribution in [1.82, 2.24) is 0 Å². The number of hydrogen-bond donors (Lipinski definition) is 2. The highest BCUT2D eigenvalue weighted by atomic mass is 16.6. The molecule has 0 unspecified atom stereocenters. The zero-order valence-electron chi connectivity index (χ0n) is 11.7. The molecule has 0 spiro atoms. The van der Waals surface area contributed by atoms with Crippen LogP contribution in [0.4, 0.5) is 0 Å². The summed E-state index contributed by atoms with van der Waals surface area (Å²) in [6.45, 7) is 9.65. The summed E-state index contributed by atoms with van der Waals surface area (Å²) in [6, 6.07) is 0. The molecule has 0 aromatic heterocycles. The number of carbonyl (C=O) groups excluding carboxylic acids is 2. The van der Waals surface area contributed by atoms with Crippen molar-refractivity contribution in [2.75, 3.05) is 0 Å². The van der Waals surface area contributed by atoms with E-state index in [0.717, 1.165) is 0 Å². The molecule has 18 heavy (non-hydrogen) atoms. The molecule has 0 rings (SSSR count). The molecule has 106 valence electrons. The van der Waals surface area contributed by atoms with E-state index in [1.165, 1.54) is 0 Å². The van der Waals surface area contributed by atoms with Gasteiger partial charge < -0.3 is 19.7 Å². The monoisotopic (exact) mass is 262 g/mol. The molecular weight excluding hydrogens is 240 g/mol. The van der Waals surface area contributed by atoms with Gasteiger partial charge in [0.2, 0.25) is 0 Å². The lowest BCUT2D eigenvalue weighted by atomic mass is 10.1. The minimum absolute atomic E-state index is 0.814. The van der Waals surface area contributed by atoms with Gasteiger partial charge in [0.25, 0.3) is 0 Å². The molecule has 0 bridgehead atoms. The van der Waals surface area contributed by atoms with Crippen LogP contribution in [0, 0.1) is 0 Å². The first-order valence-electron chi connectivity index (χ1n) is 5.65. The topological polar surface area (TPSA) is 93.1 Å². The number of rotatable bonds is 3. The second-order valence-corrected chi connectivity index (χ2v) is 5.96. The Bertz CT molecular complexity index is 278. The highest BCUT2D eigenvalue weighted by Crippen LogP contribution is 2.13. The SMILES string of the molecule is CC(C)(C)OC(=O)[C@@H](O)[C@@H](O)C(=O)OC(C)(C)C. The maximum absolute atomic E-state index is 11.4. The average Bonchev–Trinajstić information content (AvgIpc) is 2.09. The number of aliphatic hydroxyl groups excluding tert-OH is 2. The van der Waals surface area contributed by atoms with Crippen molar-refractivity contribution in [2.24, 2.45) is 0 Å². The summed E-state index contributed by atoms with van der Waals surface area (Å²) < 4.78 is 9.69. The second kappa shape index (κ2) is 5.67. The van der Waals surface area contributed by atoms with Crippen LogP contribution in [0.1, 0.15) is 41.5 Å². The largest absolute Gasteiger partial charge is 0.458 e. The predicted octanol–water partition coefficient (Wildman–Crippen LogP) is 0.392. The predicted molar refractivity (Wildman–Crippen MR) is 63.7 cm³/mol. The molecular formula is C12H22O6. The van der Waals surface area contributed by atoms with Gasteiger partial charge in [-0.3, -0.25) is 0 Å². The maximum atomic E-state index is 11.4. The third-order valence-corrected chi connectivity index (χ3v) is 1.60. The van der Waals surface area contributed by atoms with E-state index in [2.05, 4.69) is 0 Å². The molecule has 0 amide bonds. The summed E-state index contributed by atoms with van der Waals surface area (Å²) in [6.07, 6.45) is -3.92. The summed E-state index contributed by atoms with van der Waals surface area (Å²) >= 11 is 0. The van der Waals surface area contributed by atoms with E-state index >= 15 is 0 Å². The van der Waals surface area contributed by atoms with Crippen LogP contribution >= 0.6 is 0 Å². The zero-order valence-corrected chi connectivity index (χ0v) is 11.7. The third kappa shape index (κ3) is 6.56. The van der Waals surface area contributed by atoms with E-state index in [4.69, 9.17) is 9.47 Å². The molecule has 6 heteroatoms. The minimum Gasteiger partial charge on any atom is -0.458 e. The van der Waals surface area contributed by atoms with Gasteiger partial charge in [-0.25, -0.2) is 9.59 Å². The van der Waals surface area contributed by atoms with Crippen molar-refractivity contribution in [3.8, 4) is 0 Å². The van der Waals surface area contributed by atoms with Crippen molar-refractivity contribution in [3.05, 3.63) is 0 Å². The molecule has 0 aliphatic heterocycles. The summed E-state index contributed by atoms with van der Waals surface area (Å²) in [5.74, 6) is -2.14. The first kappa shape index (κ1) is 16.9. The van der Waals surface area contributed by atoms with Crippen molar-refractivity contribution >= 4 is 11.9 Å². The number of hydrogen-bond acceptors (Lipinski definition) is 6. The van der Waals surface area contributed by atoms with Gasteiger partial charge in [0.15, 0.2) is 12.2 Å². The van der Waals surface area contributed by atoms with Crippen molar-refractivity contribution in [2.45, 2.75) is 65.0 Å². The number of esters is 2. The van der Waals surface area contributed by atoms with Gasteiger partial charge in [0, 0.05) is 0 Å². The lowest BCUT2D eigenvalue weighted by molar-refractivity contribution is -0.185. The van der Waals surface area contributed by atoms with E-state index in [9.17, 15) is 19.8 Å². The van der Waals surface area contributed by atoms with Gasteiger partial charge in [0.05, 0.1) is 0 Å². The lowest BCUT2D eigenvalue weighted by Crippen LogP contribution is -2.45. The second-order valence-electron chi connectivity index (χ2n) is 5.96. The van der Waals surface area contributed by atoms with Crippen molar-refractivity contribution in [3.63, 3.8) is 0 Å². The van der Waals surface area contributed by atoms with E-state index in [1.807, 2.05) is 0 Å². The normalized spacial score (nSPS) is 15.8. The number of carbonyl (C=O) groups is 2. The first-order valence-corrected chi connectivity index (χ1v) is 5.65. The highest BCUT2D eigenvalue weighted by Gasteiger charge is 2.36. The Labute approximate surface area is 107 Å². The van der Waals surface area contributed by atoms with Crippen LogP contribution in [0.3, 0.4) is 0 Å².